The van der Waals surface area contributed by atoms with E-state index >= 15 is 0 Å². The van der Waals surface area contributed by atoms with Crippen molar-refractivity contribution in [2.45, 2.75) is 26.9 Å². The van der Waals surface area contributed by atoms with Gasteiger partial charge >= 0.3 is 0 Å². The summed E-state index contributed by atoms with van der Waals surface area (Å²) in [6.07, 6.45) is 1.64. The Balaban J connectivity index is 2.01. The minimum Gasteiger partial charge on any atom is -0.336 e. The maximum atomic E-state index is 13.1. The van der Waals surface area contributed by atoms with Gasteiger partial charge in [0.2, 0.25) is 0 Å². The monoisotopic (exact) mass is 384 g/mol. The van der Waals surface area contributed by atoms with E-state index in [1.807, 2.05) is 19.9 Å². The predicted molar refractivity (Wildman–Crippen MR) is 106 cm³/mol. The van der Waals surface area contributed by atoms with Gasteiger partial charge in [-0.3, -0.25) is 9.59 Å². The Morgan fingerprint density at radius 3 is 2.52 bits per heavy atom. The molecule has 6 nitrogen and oxygen atoms in total. The molecule has 140 valence electrons. The Labute approximate surface area is 162 Å². The summed E-state index contributed by atoms with van der Waals surface area (Å²) < 4.78 is 1.39. The molecule has 0 aliphatic carbocycles. The number of benzene rings is 1. The average Bonchev–Trinajstić information content (AvgIpc) is 2.65. The summed E-state index contributed by atoms with van der Waals surface area (Å²) in [5.74, 6) is -0.0177. The average molecular weight is 385 g/mol. The molecule has 1 aromatic carbocycles. The van der Waals surface area contributed by atoms with Crippen molar-refractivity contribution in [3.8, 4) is 0 Å². The zero-order chi connectivity index (χ0) is 19.6. The Hall–Kier alpha value is -2.73. The van der Waals surface area contributed by atoms with Crippen molar-refractivity contribution in [3.63, 3.8) is 0 Å². The maximum Gasteiger partial charge on any atom is 0.274 e. The van der Waals surface area contributed by atoms with E-state index in [-0.39, 0.29) is 23.1 Å². The van der Waals surface area contributed by atoms with Crippen LogP contribution in [0.15, 0.2) is 47.4 Å². The molecular formula is C20H21ClN4O2. The van der Waals surface area contributed by atoms with Gasteiger partial charge in [-0.1, -0.05) is 49.7 Å². The fourth-order valence-electron chi connectivity index (χ4n) is 2.89. The summed E-state index contributed by atoms with van der Waals surface area (Å²) in [7, 11) is 1.70. The van der Waals surface area contributed by atoms with Crippen molar-refractivity contribution >= 4 is 28.3 Å². The molecule has 7 heteroatoms. The molecule has 27 heavy (non-hydrogen) atoms. The molecule has 0 unspecified atom stereocenters. The second kappa shape index (κ2) is 7.88. The van der Waals surface area contributed by atoms with Crippen LogP contribution < -0.4 is 5.56 Å². The molecule has 0 saturated carbocycles. The molecule has 0 saturated heterocycles. The molecule has 1 amide bonds. The molecule has 0 aliphatic rings. The molecule has 3 aromatic rings. The predicted octanol–water partition coefficient (Wildman–Crippen LogP) is 3.37. The minimum absolute atomic E-state index is 0.180. The second-order valence-corrected chi connectivity index (χ2v) is 7.31. The Morgan fingerprint density at radius 2 is 1.89 bits per heavy atom. The highest BCUT2D eigenvalue weighted by atomic mass is 35.5. The molecule has 0 aliphatic heterocycles. The molecule has 0 bridgehead atoms. The van der Waals surface area contributed by atoms with Crippen LogP contribution in [0.1, 0.15) is 29.9 Å². The third-order valence-electron chi connectivity index (χ3n) is 4.16. The Bertz CT molecular complexity index is 1030. The van der Waals surface area contributed by atoms with Gasteiger partial charge in [-0.25, -0.2) is 9.67 Å². The molecular weight excluding hydrogens is 364 g/mol. The van der Waals surface area contributed by atoms with Crippen molar-refractivity contribution in [3.05, 3.63) is 69.4 Å². The minimum atomic E-state index is -0.251. The van der Waals surface area contributed by atoms with Gasteiger partial charge in [0.25, 0.3) is 11.5 Å². The Morgan fingerprint density at radius 1 is 1.19 bits per heavy atom. The van der Waals surface area contributed by atoms with Gasteiger partial charge in [-0.2, -0.15) is 5.10 Å². The van der Waals surface area contributed by atoms with E-state index in [4.69, 9.17) is 11.6 Å². The molecule has 3 rings (SSSR count). The lowest BCUT2D eigenvalue weighted by Gasteiger charge is -2.19. The van der Waals surface area contributed by atoms with Crippen LogP contribution in [-0.2, 0) is 13.1 Å². The van der Waals surface area contributed by atoms with Gasteiger partial charge in [0.1, 0.15) is 5.15 Å². The highest BCUT2D eigenvalue weighted by Gasteiger charge is 2.20. The van der Waals surface area contributed by atoms with Crippen molar-refractivity contribution in [1.82, 2.24) is 19.7 Å². The standard InChI is InChI=1S/C20H21ClN4O2/c1-13(2)11-25-19(26)16-7-5-4-6-15(16)18(23-25)20(27)24(3)12-14-8-9-17(21)22-10-14/h4-10,13H,11-12H2,1-3H3. The van der Waals surface area contributed by atoms with Crippen LogP contribution in [0.2, 0.25) is 5.15 Å². The largest absolute Gasteiger partial charge is 0.336 e. The second-order valence-electron chi connectivity index (χ2n) is 6.93. The van der Waals surface area contributed by atoms with Crippen LogP contribution in [0, 0.1) is 5.92 Å². The lowest BCUT2D eigenvalue weighted by molar-refractivity contribution is 0.0778. The first-order valence-electron chi connectivity index (χ1n) is 8.72. The molecule has 0 radical (unpaired) electrons. The van der Waals surface area contributed by atoms with E-state index in [1.54, 1.807) is 48.5 Å². The van der Waals surface area contributed by atoms with E-state index in [2.05, 4.69) is 10.1 Å². The summed E-state index contributed by atoms with van der Waals surface area (Å²) in [6, 6.07) is 10.6. The topological polar surface area (TPSA) is 68.1 Å². The van der Waals surface area contributed by atoms with Crippen LogP contribution in [-0.4, -0.2) is 32.6 Å². The summed E-state index contributed by atoms with van der Waals surface area (Å²) in [5, 5.41) is 5.86. The van der Waals surface area contributed by atoms with Crippen molar-refractivity contribution in [2.24, 2.45) is 5.92 Å². The number of amides is 1. The number of aromatic nitrogens is 3. The molecule has 0 spiro atoms. The van der Waals surface area contributed by atoms with Crippen molar-refractivity contribution in [2.75, 3.05) is 7.05 Å². The van der Waals surface area contributed by atoms with Gasteiger partial charge in [0.15, 0.2) is 5.69 Å². The normalized spacial score (nSPS) is 11.1. The fraction of sp³-hybridized carbons (Fsp3) is 0.300. The fourth-order valence-corrected chi connectivity index (χ4v) is 3.00. The quantitative estimate of drug-likeness (QED) is 0.632. The lowest BCUT2D eigenvalue weighted by Crippen LogP contribution is -2.32. The van der Waals surface area contributed by atoms with E-state index in [1.165, 1.54) is 4.68 Å². The van der Waals surface area contributed by atoms with Gasteiger partial charge in [-0.05, 0) is 23.6 Å². The zero-order valence-corrected chi connectivity index (χ0v) is 16.3. The maximum absolute atomic E-state index is 13.1. The number of fused-ring (bicyclic) bond motifs is 1. The van der Waals surface area contributed by atoms with Gasteiger partial charge in [0.05, 0.1) is 5.39 Å². The molecule has 0 atom stereocenters. The van der Waals surface area contributed by atoms with Crippen LogP contribution in [0.3, 0.4) is 0 Å². The van der Waals surface area contributed by atoms with Gasteiger partial charge in [0, 0.05) is 31.7 Å². The van der Waals surface area contributed by atoms with E-state index in [9.17, 15) is 9.59 Å². The number of rotatable bonds is 5. The summed E-state index contributed by atoms with van der Waals surface area (Å²) in [6.45, 7) is 4.83. The van der Waals surface area contributed by atoms with Crippen molar-refractivity contribution in [1.29, 1.82) is 0 Å². The van der Waals surface area contributed by atoms with Crippen LogP contribution in [0.25, 0.3) is 10.8 Å². The number of pyridine rings is 1. The third-order valence-corrected chi connectivity index (χ3v) is 4.39. The summed E-state index contributed by atoms with van der Waals surface area (Å²) in [4.78, 5) is 31.4. The first-order chi connectivity index (χ1) is 12.9. The van der Waals surface area contributed by atoms with Crippen molar-refractivity contribution < 1.29 is 4.79 Å². The zero-order valence-electron chi connectivity index (χ0n) is 15.5. The number of halogens is 1. The molecule has 2 aromatic heterocycles. The number of nitrogens with zero attached hydrogens (tertiary/aromatic N) is 4. The number of hydrogen-bond donors (Lipinski definition) is 0. The van der Waals surface area contributed by atoms with Gasteiger partial charge in [-0.15, -0.1) is 0 Å². The molecule has 0 fully saturated rings. The Kier molecular flexibility index (Phi) is 5.56. The van der Waals surface area contributed by atoms with Crippen LogP contribution in [0.5, 0.6) is 0 Å². The SMILES string of the molecule is CC(C)Cn1nc(C(=O)N(C)Cc2ccc(Cl)nc2)c2ccccc2c1=O. The number of carbonyl (C=O) groups excluding carboxylic acids is 1. The van der Waals surface area contributed by atoms with E-state index in [0.29, 0.717) is 29.0 Å². The molecule has 0 N–H and O–H groups in total. The van der Waals surface area contributed by atoms with E-state index < -0.39 is 0 Å². The summed E-state index contributed by atoms with van der Waals surface area (Å²) >= 11 is 5.81. The summed E-state index contributed by atoms with van der Waals surface area (Å²) in [5.41, 5.74) is 0.950. The van der Waals surface area contributed by atoms with Crippen LogP contribution >= 0.6 is 11.6 Å². The smallest absolute Gasteiger partial charge is 0.274 e. The van der Waals surface area contributed by atoms with Gasteiger partial charge < -0.3 is 4.90 Å². The third kappa shape index (κ3) is 4.17. The highest BCUT2D eigenvalue weighted by Crippen LogP contribution is 2.16. The lowest BCUT2D eigenvalue weighted by atomic mass is 10.1. The first kappa shape index (κ1) is 19.0. The highest BCUT2D eigenvalue weighted by molar-refractivity contribution is 6.29. The number of hydrogen-bond acceptors (Lipinski definition) is 4. The number of carbonyl (C=O) groups is 1. The first-order valence-corrected chi connectivity index (χ1v) is 9.10. The van der Waals surface area contributed by atoms with E-state index in [0.717, 1.165) is 5.56 Å². The molecule has 2 heterocycles. The van der Waals surface area contributed by atoms with Crippen LogP contribution in [0.4, 0.5) is 0 Å².